The van der Waals surface area contributed by atoms with E-state index < -0.39 is 11.7 Å². The van der Waals surface area contributed by atoms with Gasteiger partial charge < -0.3 is 14.8 Å². The van der Waals surface area contributed by atoms with E-state index in [1.54, 1.807) is 43.3 Å². The minimum Gasteiger partial charge on any atom is -0.325 e. The van der Waals surface area contributed by atoms with Crippen molar-refractivity contribution in [2.24, 2.45) is 0 Å². The number of halogens is 3. The van der Waals surface area contributed by atoms with Crippen LogP contribution in [0, 0.1) is 0 Å². The molecule has 0 saturated carbocycles. The number of nitrogens with zero attached hydrogens (tertiary/aromatic N) is 2. The number of carbonyl (C=O) groups excluding carboxylic acids is 1. The molecule has 0 bridgehead atoms. The van der Waals surface area contributed by atoms with Gasteiger partial charge >= 0.3 is 6.18 Å². The average Bonchev–Trinajstić information content (AvgIpc) is 3.30. The van der Waals surface area contributed by atoms with Crippen molar-refractivity contribution in [2.75, 3.05) is 26.0 Å². The highest BCUT2D eigenvalue weighted by atomic mass is 19.4. The van der Waals surface area contributed by atoms with E-state index in [4.69, 9.17) is 0 Å². The molecule has 7 heteroatoms. The number of hydrogen-bond acceptors (Lipinski definition) is 2. The first-order valence-corrected chi connectivity index (χ1v) is 11.5. The Hall–Kier alpha value is -4.10. The van der Waals surface area contributed by atoms with Crippen LogP contribution in [0.4, 0.5) is 18.9 Å². The van der Waals surface area contributed by atoms with Crippen LogP contribution in [0.15, 0.2) is 91.1 Å². The Morgan fingerprint density at radius 2 is 1.56 bits per heavy atom. The van der Waals surface area contributed by atoms with E-state index in [1.807, 2.05) is 54.6 Å². The summed E-state index contributed by atoms with van der Waals surface area (Å²) < 4.78 is 42.6. The second-order valence-corrected chi connectivity index (χ2v) is 9.04. The van der Waals surface area contributed by atoms with E-state index in [0.29, 0.717) is 22.6 Å². The Kier molecular flexibility index (Phi) is 6.02. The lowest BCUT2D eigenvalue weighted by molar-refractivity contribution is -0.137. The predicted molar refractivity (Wildman–Crippen MR) is 138 cm³/mol. The highest BCUT2D eigenvalue weighted by Gasteiger charge is 2.33. The van der Waals surface area contributed by atoms with Gasteiger partial charge in [0.25, 0.3) is 0 Å². The van der Waals surface area contributed by atoms with Crippen LogP contribution in [0.5, 0.6) is 0 Å². The number of nitrogens with one attached hydrogen (secondary N) is 1. The normalized spacial score (nSPS) is 11.9. The Labute approximate surface area is 206 Å². The molecule has 0 fully saturated rings. The van der Waals surface area contributed by atoms with Crippen LogP contribution in [-0.2, 0) is 11.0 Å². The van der Waals surface area contributed by atoms with Crippen molar-refractivity contribution in [3.8, 4) is 16.9 Å². The summed E-state index contributed by atoms with van der Waals surface area (Å²) in [5, 5.41) is 6.99. The topological polar surface area (TPSA) is 37.3 Å². The molecule has 1 amide bonds. The van der Waals surface area contributed by atoms with Crippen LogP contribution in [0.3, 0.4) is 0 Å². The van der Waals surface area contributed by atoms with Crippen molar-refractivity contribution >= 4 is 33.1 Å². The van der Waals surface area contributed by atoms with Gasteiger partial charge in [0.05, 0.1) is 17.8 Å². The number of fused-ring (bicyclic) bond motifs is 3. The molecule has 1 heterocycles. The number of amides is 1. The Balaban J connectivity index is 1.56. The Bertz CT molecular complexity index is 1570. The molecule has 0 aliphatic heterocycles. The summed E-state index contributed by atoms with van der Waals surface area (Å²) in [5.74, 6) is -0.169. The fraction of sp³-hybridized carbons (Fsp3) is 0.138. The molecule has 0 atom stereocenters. The molecule has 0 radical (unpaired) electrons. The minimum absolute atomic E-state index is 0.169. The number of hydrogen-bond donors (Lipinski definition) is 1. The number of aromatic nitrogens is 1. The molecular formula is C29H24F3N3O. The first kappa shape index (κ1) is 23.6. The van der Waals surface area contributed by atoms with Gasteiger partial charge in [0.1, 0.15) is 0 Å². The lowest BCUT2D eigenvalue weighted by atomic mass is 9.99. The second-order valence-electron chi connectivity index (χ2n) is 9.04. The molecular weight excluding hydrogens is 463 g/mol. The molecule has 0 aliphatic carbocycles. The van der Waals surface area contributed by atoms with E-state index in [9.17, 15) is 18.0 Å². The SMILES string of the molecule is CN(C)CC(=O)Nc1ccc(-n2cc(C(F)(F)F)cc2-c2ccc3c(ccc4ccccc43)c2)cc1. The minimum atomic E-state index is -4.48. The van der Waals surface area contributed by atoms with Gasteiger partial charge in [-0.05, 0) is 77.6 Å². The standard InChI is InChI=1S/C29H24F3N3O/c1-34(2)18-28(36)33-23-10-12-24(13-11-23)35-17-22(29(30,31)32)16-27(35)21-9-14-26-20(15-21)8-7-19-5-3-4-6-25(19)26/h3-17H,18H2,1-2H3,(H,33,36). The van der Waals surface area contributed by atoms with E-state index in [2.05, 4.69) is 5.32 Å². The van der Waals surface area contributed by atoms with Gasteiger partial charge in [0.2, 0.25) is 5.91 Å². The zero-order chi connectivity index (χ0) is 25.4. The van der Waals surface area contributed by atoms with E-state index >= 15 is 0 Å². The lowest BCUT2D eigenvalue weighted by Gasteiger charge is -2.13. The van der Waals surface area contributed by atoms with Crippen molar-refractivity contribution in [1.82, 2.24) is 9.47 Å². The molecule has 1 aromatic heterocycles. The van der Waals surface area contributed by atoms with Crippen LogP contribution in [0.1, 0.15) is 5.56 Å². The van der Waals surface area contributed by atoms with E-state index in [1.165, 1.54) is 10.6 Å². The fourth-order valence-electron chi connectivity index (χ4n) is 4.42. The summed E-state index contributed by atoms with van der Waals surface area (Å²) in [5.41, 5.74) is 1.52. The molecule has 4 aromatic carbocycles. The van der Waals surface area contributed by atoms with Crippen molar-refractivity contribution < 1.29 is 18.0 Å². The quantitative estimate of drug-likeness (QED) is 0.272. The van der Waals surface area contributed by atoms with Crippen LogP contribution < -0.4 is 5.32 Å². The molecule has 36 heavy (non-hydrogen) atoms. The van der Waals surface area contributed by atoms with Gasteiger partial charge in [-0.15, -0.1) is 0 Å². The van der Waals surface area contributed by atoms with Gasteiger partial charge in [-0.25, -0.2) is 0 Å². The Morgan fingerprint density at radius 3 is 2.28 bits per heavy atom. The smallest absolute Gasteiger partial charge is 0.325 e. The number of carbonyl (C=O) groups is 1. The zero-order valence-corrected chi connectivity index (χ0v) is 19.8. The molecule has 0 unspecified atom stereocenters. The van der Waals surface area contributed by atoms with Gasteiger partial charge in [-0.2, -0.15) is 13.2 Å². The van der Waals surface area contributed by atoms with E-state index in [0.717, 1.165) is 27.7 Å². The number of alkyl halides is 3. The molecule has 4 nitrogen and oxygen atoms in total. The first-order chi connectivity index (χ1) is 17.2. The number of likely N-dealkylation sites (N-methyl/N-ethyl adjacent to an activating group) is 1. The number of benzene rings is 4. The fourth-order valence-corrected chi connectivity index (χ4v) is 4.42. The third-order valence-electron chi connectivity index (χ3n) is 6.08. The maximum Gasteiger partial charge on any atom is 0.417 e. The monoisotopic (exact) mass is 487 g/mol. The molecule has 0 aliphatic rings. The van der Waals surface area contributed by atoms with Crippen LogP contribution >= 0.6 is 0 Å². The van der Waals surface area contributed by atoms with Gasteiger partial charge in [-0.3, -0.25) is 4.79 Å². The summed E-state index contributed by atoms with van der Waals surface area (Å²) in [6, 6.07) is 25.7. The van der Waals surface area contributed by atoms with Gasteiger partial charge in [0, 0.05) is 17.6 Å². The van der Waals surface area contributed by atoms with Crippen molar-refractivity contribution in [1.29, 1.82) is 0 Å². The highest BCUT2D eigenvalue weighted by Crippen LogP contribution is 2.37. The van der Waals surface area contributed by atoms with Crippen molar-refractivity contribution in [2.45, 2.75) is 6.18 Å². The predicted octanol–water partition coefficient (Wildman–Crippen LogP) is 6.97. The third-order valence-corrected chi connectivity index (χ3v) is 6.08. The summed E-state index contributed by atoms with van der Waals surface area (Å²) in [6.07, 6.45) is -3.37. The summed E-state index contributed by atoms with van der Waals surface area (Å²) >= 11 is 0. The molecule has 0 saturated heterocycles. The summed E-state index contributed by atoms with van der Waals surface area (Å²) in [7, 11) is 3.59. The molecule has 0 spiro atoms. The van der Waals surface area contributed by atoms with Crippen LogP contribution in [-0.4, -0.2) is 36.0 Å². The zero-order valence-electron chi connectivity index (χ0n) is 19.8. The van der Waals surface area contributed by atoms with Crippen LogP contribution in [0.25, 0.3) is 38.5 Å². The number of anilines is 1. The Morgan fingerprint density at radius 1 is 0.861 bits per heavy atom. The van der Waals surface area contributed by atoms with Crippen molar-refractivity contribution in [3.63, 3.8) is 0 Å². The maximum absolute atomic E-state index is 13.7. The molecule has 5 rings (SSSR count). The van der Waals surface area contributed by atoms with Gasteiger partial charge in [0.15, 0.2) is 0 Å². The lowest BCUT2D eigenvalue weighted by Crippen LogP contribution is -2.27. The largest absolute Gasteiger partial charge is 0.417 e. The second kappa shape index (κ2) is 9.17. The van der Waals surface area contributed by atoms with E-state index in [-0.39, 0.29) is 12.5 Å². The molecule has 182 valence electrons. The third kappa shape index (κ3) is 4.70. The molecule has 5 aromatic rings. The average molecular weight is 488 g/mol. The molecule has 1 N–H and O–H groups in total. The first-order valence-electron chi connectivity index (χ1n) is 11.5. The summed E-state index contributed by atoms with van der Waals surface area (Å²) in [4.78, 5) is 13.8. The maximum atomic E-state index is 13.7. The number of rotatable bonds is 5. The highest BCUT2D eigenvalue weighted by molar-refractivity contribution is 6.08. The van der Waals surface area contributed by atoms with Crippen LogP contribution in [0.2, 0.25) is 0 Å². The summed E-state index contributed by atoms with van der Waals surface area (Å²) in [6.45, 7) is 0.232. The van der Waals surface area contributed by atoms with Crippen molar-refractivity contribution in [3.05, 3.63) is 96.7 Å². The van der Waals surface area contributed by atoms with Gasteiger partial charge in [-0.1, -0.05) is 48.5 Å².